The van der Waals surface area contributed by atoms with Gasteiger partial charge in [-0.3, -0.25) is 25.0 Å². The first-order chi connectivity index (χ1) is 16.0. The minimum absolute atomic E-state index is 0.156. The molecule has 0 aliphatic heterocycles. The molecule has 3 rings (SSSR count). The van der Waals surface area contributed by atoms with Crippen molar-refractivity contribution in [3.63, 3.8) is 0 Å². The van der Waals surface area contributed by atoms with Crippen molar-refractivity contribution >= 4 is 44.4 Å². The predicted octanol–water partition coefficient (Wildman–Crippen LogP) is 3.89. The molecule has 0 radical (unpaired) electrons. The van der Waals surface area contributed by atoms with Gasteiger partial charge >= 0.3 is 0 Å². The Morgan fingerprint density at radius 2 is 1.41 bits per heavy atom. The van der Waals surface area contributed by atoms with Gasteiger partial charge < -0.3 is 10.6 Å². The Balaban J connectivity index is 1.84. The Morgan fingerprint density at radius 3 is 1.94 bits per heavy atom. The van der Waals surface area contributed by atoms with Crippen LogP contribution in [0.2, 0.25) is 0 Å². The van der Waals surface area contributed by atoms with E-state index in [0.29, 0.717) is 29.7 Å². The van der Waals surface area contributed by atoms with Crippen molar-refractivity contribution in [2.75, 3.05) is 21.9 Å². The van der Waals surface area contributed by atoms with Gasteiger partial charge in [0.25, 0.3) is 21.4 Å². The number of rotatable bonds is 9. The van der Waals surface area contributed by atoms with Gasteiger partial charge in [0.05, 0.1) is 9.85 Å². The summed E-state index contributed by atoms with van der Waals surface area (Å²) in [6.45, 7) is 5.57. The number of hydrogen-bond donors (Lipinski definition) is 3. The Labute approximate surface area is 194 Å². The quantitative estimate of drug-likeness (QED) is 0.296. The second-order valence-corrected chi connectivity index (χ2v) is 8.81. The normalized spacial score (nSPS) is 11.0. The molecule has 0 fully saturated rings. The van der Waals surface area contributed by atoms with E-state index in [0.717, 1.165) is 12.1 Å². The number of nitrogens with one attached hydrogen (secondary N) is 3. The molecule has 3 aromatic rings. The Bertz CT molecular complexity index is 1330. The molecule has 0 unspecified atom stereocenters. The van der Waals surface area contributed by atoms with Crippen LogP contribution in [0.4, 0.5) is 34.4 Å². The lowest BCUT2D eigenvalue weighted by Gasteiger charge is -2.11. The fourth-order valence-corrected chi connectivity index (χ4v) is 4.18. The first-order valence-corrected chi connectivity index (χ1v) is 11.4. The van der Waals surface area contributed by atoms with Crippen LogP contribution in [0, 0.1) is 34.1 Å². The van der Waals surface area contributed by atoms with Crippen molar-refractivity contribution in [3.05, 3.63) is 74.1 Å². The molecule has 2 aromatic carbocycles. The van der Waals surface area contributed by atoms with Crippen molar-refractivity contribution in [2.45, 2.75) is 25.7 Å². The van der Waals surface area contributed by atoms with Crippen LogP contribution in [0.5, 0.6) is 0 Å². The largest absolute Gasteiger partial charge is 0.370 e. The van der Waals surface area contributed by atoms with E-state index < -0.39 is 36.1 Å². The van der Waals surface area contributed by atoms with Crippen LogP contribution >= 0.6 is 0 Å². The van der Waals surface area contributed by atoms with E-state index in [1.54, 1.807) is 25.1 Å². The maximum atomic E-state index is 12.8. The van der Waals surface area contributed by atoms with E-state index in [-0.39, 0.29) is 11.3 Å². The van der Waals surface area contributed by atoms with E-state index in [4.69, 9.17) is 0 Å². The molecule has 0 spiro atoms. The molecule has 3 N–H and O–H groups in total. The van der Waals surface area contributed by atoms with Gasteiger partial charge in [-0.25, -0.2) is 18.4 Å². The van der Waals surface area contributed by atoms with Gasteiger partial charge in [-0.1, -0.05) is 0 Å². The molecular formula is C20H21N7O6S. The van der Waals surface area contributed by atoms with Gasteiger partial charge in [0.15, 0.2) is 0 Å². The molecule has 13 nitrogen and oxygen atoms in total. The maximum absolute atomic E-state index is 12.8. The lowest BCUT2D eigenvalue weighted by Crippen LogP contribution is -2.14. The number of nitrogens with zero attached hydrogens (tertiary/aromatic N) is 4. The van der Waals surface area contributed by atoms with Crippen molar-refractivity contribution in [2.24, 2.45) is 0 Å². The molecular weight excluding hydrogens is 466 g/mol. The van der Waals surface area contributed by atoms with Crippen LogP contribution in [0.1, 0.15) is 18.3 Å². The van der Waals surface area contributed by atoms with E-state index in [9.17, 15) is 28.6 Å². The molecule has 0 bridgehead atoms. The standard InChI is InChI=1S/C20H21N7O6S/c1-4-21-19-11-20(23-13(3)22-19)24-14-5-7-15(8-6-14)25-34(32,33)16-9-17(26(28)29)12(2)18(10-16)27(30)31/h5-11,25H,4H2,1-3H3,(H2,21,22,23,24). The van der Waals surface area contributed by atoms with Gasteiger partial charge in [0.1, 0.15) is 27.9 Å². The Kier molecular flexibility index (Phi) is 6.91. The predicted molar refractivity (Wildman–Crippen MR) is 126 cm³/mol. The molecule has 1 heterocycles. The lowest BCUT2D eigenvalue weighted by atomic mass is 10.1. The number of nitro benzene ring substituents is 2. The monoisotopic (exact) mass is 487 g/mol. The second-order valence-electron chi connectivity index (χ2n) is 7.12. The van der Waals surface area contributed by atoms with Crippen molar-refractivity contribution in [1.29, 1.82) is 0 Å². The van der Waals surface area contributed by atoms with Gasteiger partial charge in [-0.05, 0) is 45.0 Å². The highest BCUT2D eigenvalue weighted by atomic mass is 32.2. The molecule has 178 valence electrons. The first-order valence-electron chi connectivity index (χ1n) is 9.93. The van der Waals surface area contributed by atoms with Crippen molar-refractivity contribution < 1.29 is 18.3 Å². The van der Waals surface area contributed by atoms with Crippen LogP contribution in [0.15, 0.2) is 47.4 Å². The fourth-order valence-electron chi connectivity index (χ4n) is 3.08. The van der Waals surface area contributed by atoms with Crippen LogP contribution < -0.4 is 15.4 Å². The van der Waals surface area contributed by atoms with Gasteiger partial charge in [0.2, 0.25) is 0 Å². The average Bonchev–Trinajstić information content (AvgIpc) is 2.74. The molecule has 1 aromatic heterocycles. The molecule has 0 amide bonds. The van der Waals surface area contributed by atoms with Crippen LogP contribution in [-0.2, 0) is 10.0 Å². The average molecular weight is 487 g/mol. The zero-order chi connectivity index (χ0) is 25.0. The van der Waals surface area contributed by atoms with Crippen LogP contribution in [0.25, 0.3) is 0 Å². The van der Waals surface area contributed by atoms with E-state index >= 15 is 0 Å². The summed E-state index contributed by atoms with van der Waals surface area (Å²) in [6.07, 6.45) is 0. The third-order valence-corrected chi connectivity index (χ3v) is 6.00. The van der Waals surface area contributed by atoms with Crippen molar-refractivity contribution in [1.82, 2.24) is 9.97 Å². The Morgan fingerprint density at radius 1 is 0.882 bits per heavy atom. The van der Waals surface area contributed by atoms with Gasteiger partial charge in [-0.15, -0.1) is 0 Å². The maximum Gasteiger partial charge on any atom is 0.280 e. The summed E-state index contributed by atoms with van der Waals surface area (Å²) in [6, 6.07) is 9.45. The fraction of sp³-hybridized carbons (Fsp3) is 0.200. The highest BCUT2D eigenvalue weighted by Crippen LogP contribution is 2.32. The minimum Gasteiger partial charge on any atom is -0.370 e. The summed E-state index contributed by atoms with van der Waals surface area (Å²) in [5.74, 6) is 1.76. The van der Waals surface area contributed by atoms with Gasteiger partial charge in [-0.2, -0.15) is 0 Å². The highest BCUT2D eigenvalue weighted by molar-refractivity contribution is 7.92. The molecule has 14 heteroatoms. The highest BCUT2D eigenvalue weighted by Gasteiger charge is 2.28. The smallest absolute Gasteiger partial charge is 0.280 e. The number of aromatic nitrogens is 2. The molecule has 0 saturated carbocycles. The summed E-state index contributed by atoms with van der Waals surface area (Å²) in [4.78, 5) is 28.7. The molecule has 34 heavy (non-hydrogen) atoms. The van der Waals surface area contributed by atoms with Crippen LogP contribution in [-0.4, -0.2) is 34.8 Å². The first kappa shape index (κ1) is 24.3. The number of nitro groups is 2. The zero-order valence-electron chi connectivity index (χ0n) is 18.4. The Hall–Kier alpha value is -4.33. The summed E-state index contributed by atoms with van der Waals surface area (Å²) < 4.78 is 27.8. The van der Waals surface area contributed by atoms with Crippen molar-refractivity contribution in [3.8, 4) is 0 Å². The SMILES string of the molecule is CCNc1cc(Nc2ccc(NS(=O)(=O)c3cc([N+](=O)[O-])c(C)c([N+](=O)[O-])c3)cc2)nc(C)n1. The molecule has 0 atom stereocenters. The second kappa shape index (κ2) is 9.66. The van der Waals surface area contributed by atoms with E-state index in [2.05, 4.69) is 25.3 Å². The van der Waals surface area contributed by atoms with Crippen LogP contribution in [0.3, 0.4) is 0 Å². The van der Waals surface area contributed by atoms with E-state index in [1.165, 1.54) is 19.1 Å². The number of benzene rings is 2. The number of anilines is 4. The summed E-state index contributed by atoms with van der Waals surface area (Å²) in [7, 11) is -4.34. The summed E-state index contributed by atoms with van der Waals surface area (Å²) in [5, 5.41) is 28.7. The summed E-state index contributed by atoms with van der Waals surface area (Å²) >= 11 is 0. The number of hydrogen-bond acceptors (Lipinski definition) is 10. The summed E-state index contributed by atoms with van der Waals surface area (Å²) in [5.41, 5.74) is -0.784. The number of sulfonamides is 1. The third-order valence-electron chi connectivity index (χ3n) is 4.64. The molecule has 0 aliphatic carbocycles. The lowest BCUT2D eigenvalue weighted by molar-refractivity contribution is -0.395. The molecule has 0 saturated heterocycles. The third kappa shape index (κ3) is 5.53. The van der Waals surface area contributed by atoms with E-state index in [1.807, 2.05) is 6.92 Å². The minimum atomic E-state index is -4.34. The molecule has 0 aliphatic rings. The van der Waals surface area contributed by atoms with Gasteiger partial charge in [0, 0.05) is 36.1 Å². The zero-order valence-corrected chi connectivity index (χ0v) is 19.2. The number of aryl methyl sites for hydroxylation is 1. The topological polar surface area (TPSA) is 182 Å².